The summed E-state index contributed by atoms with van der Waals surface area (Å²) in [6, 6.07) is 8.79. The zero-order chi connectivity index (χ0) is 22.6. The number of hydrogen-bond acceptors (Lipinski definition) is 6. The van der Waals surface area contributed by atoms with Crippen LogP contribution in [0.5, 0.6) is 0 Å². The lowest BCUT2D eigenvalue weighted by atomic mass is 9.86. The second kappa shape index (κ2) is 7.98. The van der Waals surface area contributed by atoms with Crippen LogP contribution in [0.1, 0.15) is 34.1 Å². The third-order valence-electron chi connectivity index (χ3n) is 6.86. The zero-order valence-corrected chi connectivity index (χ0v) is 19.2. The van der Waals surface area contributed by atoms with Crippen LogP contribution in [0.25, 0.3) is 5.57 Å². The van der Waals surface area contributed by atoms with Gasteiger partial charge in [-0.05, 0) is 49.4 Å². The molecule has 2 fully saturated rings. The Labute approximate surface area is 191 Å². The Morgan fingerprint density at radius 3 is 2.62 bits per heavy atom. The van der Waals surface area contributed by atoms with Gasteiger partial charge in [-0.15, -0.1) is 11.3 Å². The molecule has 4 heterocycles. The largest absolute Gasteiger partial charge is 0.385 e. The summed E-state index contributed by atoms with van der Waals surface area (Å²) >= 11 is 1.38. The standard InChI is InChI=1S/C25H26N2O4S/c1-14-7-8-17-16(12-14)15(2)13-18-20-21(25(30)26(24(20)29)9-5-10-31-3)22(27(17)18)23(28)19-6-4-11-32-19/h4,6-8,11-13,18,20-22H,5,9-10H2,1-3H3/t18-,20-,21-,22-/m0/s1. The highest BCUT2D eigenvalue weighted by Crippen LogP contribution is 2.50. The number of likely N-dealkylation sites (tertiary alicyclic amines) is 1. The third-order valence-corrected chi connectivity index (χ3v) is 7.74. The smallest absolute Gasteiger partial charge is 0.235 e. The summed E-state index contributed by atoms with van der Waals surface area (Å²) in [5.41, 5.74) is 4.19. The summed E-state index contributed by atoms with van der Waals surface area (Å²) in [6.07, 6.45) is 2.66. The van der Waals surface area contributed by atoms with Gasteiger partial charge in [0.2, 0.25) is 11.8 Å². The second-order valence-corrected chi connectivity index (χ2v) is 9.73. The number of ether oxygens (including phenoxy) is 1. The quantitative estimate of drug-likeness (QED) is 0.383. The van der Waals surface area contributed by atoms with Crippen LogP contribution in [0, 0.1) is 18.8 Å². The Kier molecular flexibility index (Phi) is 5.26. The van der Waals surface area contributed by atoms with Crippen LogP contribution in [0.15, 0.2) is 41.8 Å². The molecule has 1 aromatic heterocycles. The monoisotopic (exact) mass is 450 g/mol. The van der Waals surface area contributed by atoms with E-state index in [2.05, 4.69) is 12.1 Å². The van der Waals surface area contributed by atoms with Crippen molar-refractivity contribution in [2.45, 2.75) is 32.4 Å². The van der Waals surface area contributed by atoms with Crippen LogP contribution in [0.3, 0.4) is 0 Å². The number of benzene rings is 1. The number of carbonyl (C=O) groups excluding carboxylic acids is 3. The number of thiophene rings is 1. The summed E-state index contributed by atoms with van der Waals surface area (Å²) in [6.45, 7) is 4.88. The molecule has 0 saturated carbocycles. The first-order chi connectivity index (χ1) is 15.4. The lowest BCUT2D eigenvalue weighted by Gasteiger charge is -2.38. The number of allylic oxidation sites excluding steroid dienone is 1. The normalized spacial score (nSPS) is 26.2. The predicted octanol–water partition coefficient (Wildman–Crippen LogP) is 3.55. The van der Waals surface area contributed by atoms with Gasteiger partial charge in [0.25, 0.3) is 0 Å². The second-order valence-electron chi connectivity index (χ2n) is 8.78. The first-order valence-corrected chi connectivity index (χ1v) is 11.8. The summed E-state index contributed by atoms with van der Waals surface area (Å²) in [5, 5.41) is 1.87. The van der Waals surface area contributed by atoms with Crippen molar-refractivity contribution in [2.24, 2.45) is 11.8 Å². The highest BCUT2D eigenvalue weighted by Gasteiger charge is 2.64. The van der Waals surface area contributed by atoms with E-state index in [-0.39, 0.29) is 23.6 Å². The number of carbonyl (C=O) groups is 3. The molecule has 2 amide bonds. The van der Waals surface area contributed by atoms with E-state index in [0.29, 0.717) is 24.4 Å². The minimum absolute atomic E-state index is 0.0862. The maximum absolute atomic E-state index is 13.7. The van der Waals surface area contributed by atoms with Gasteiger partial charge in [-0.3, -0.25) is 19.3 Å². The molecule has 166 valence electrons. The van der Waals surface area contributed by atoms with Gasteiger partial charge in [0.15, 0.2) is 5.78 Å². The van der Waals surface area contributed by atoms with Gasteiger partial charge >= 0.3 is 0 Å². The molecule has 0 bridgehead atoms. The van der Waals surface area contributed by atoms with Gasteiger partial charge in [0, 0.05) is 31.5 Å². The van der Waals surface area contributed by atoms with Crippen molar-refractivity contribution >= 4 is 40.2 Å². The van der Waals surface area contributed by atoms with E-state index in [9.17, 15) is 14.4 Å². The summed E-state index contributed by atoms with van der Waals surface area (Å²) in [7, 11) is 1.60. The van der Waals surface area contributed by atoms with Crippen molar-refractivity contribution in [1.29, 1.82) is 0 Å². The molecule has 7 heteroatoms. The van der Waals surface area contributed by atoms with Gasteiger partial charge in [-0.25, -0.2) is 0 Å². The number of imide groups is 1. The Bertz CT molecular complexity index is 1120. The lowest BCUT2D eigenvalue weighted by Crippen LogP contribution is -2.49. The minimum atomic E-state index is -0.696. The number of rotatable bonds is 6. The Hall–Kier alpha value is -2.77. The molecule has 6 nitrogen and oxygen atoms in total. The number of Topliss-reactive ketones (excluding diaryl/α,β-unsaturated/α-hetero) is 1. The molecule has 4 atom stereocenters. The number of ketones is 1. The van der Waals surface area contributed by atoms with Crippen molar-refractivity contribution in [2.75, 3.05) is 25.2 Å². The van der Waals surface area contributed by atoms with Crippen LogP contribution < -0.4 is 4.90 Å². The van der Waals surface area contributed by atoms with Crippen molar-refractivity contribution in [3.8, 4) is 0 Å². The van der Waals surface area contributed by atoms with Crippen LogP contribution in [0.4, 0.5) is 5.69 Å². The molecule has 3 aliphatic rings. The van der Waals surface area contributed by atoms with Crippen LogP contribution in [-0.2, 0) is 14.3 Å². The average Bonchev–Trinajstić information content (AvgIpc) is 3.47. The van der Waals surface area contributed by atoms with Gasteiger partial charge in [-0.2, -0.15) is 0 Å². The Morgan fingerprint density at radius 2 is 1.91 bits per heavy atom. The molecule has 2 aromatic rings. The maximum atomic E-state index is 13.7. The number of hydrogen-bond donors (Lipinski definition) is 0. The first-order valence-electron chi connectivity index (χ1n) is 10.9. The van der Waals surface area contributed by atoms with Gasteiger partial charge in [0.05, 0.1) is 22.8 Å². The molecule has 0 radical (unpaired) electrons. The van der Waals surface area contributed by atoms with Crippen LogP contribution >= 0.6 is 11.3 Å². The SMILES string of the molecule is COCCCN1C(=O)[C@@H]2[C@H](C1=O)[C@@H](C(=O)c1cccs1)N1c3ccc(C)cc3C(C)=C[C@@H]21. The summed E-state index contributed by atoms with van der Waals surface area (Å²) in [5.74, 6) is -1.73. The van der Waals surface area contributed by atoms with Gasteiger partial charge in [-0.1, -0.05) is 23.8 Å². The van der Waals surface area contributed by atoms with Gasteiger partial charge in [0.1, 0.15) is 6.04 Å². The van der Waals surface area contributed by atoms with E-state index in [0.717, 1.165) is 22.4 Å². The Morgan fingerprint density at radius 1 is 1.12 bits per heavy atom. The fourth-order valence-corrected chi connectivity index (χ4v) is 6.17. The predicted molar refractivity (Wildman–Crippen MR) is 124 cm³/mol. The molecule has 32 heavy (non-hydrogen) atoms. The molecule has 0 spiro atoms. The summed E-state index contributed by atoms with van der Waals surface area (Å²) in [4.78, 5) is 44.8. The molecule has 1 aromatic carbocycles. The fourth-order valence-electron chi connectivity index (χ4n) is 5.47. The van der Waals surface area contributed by atoms with E-state index in [1.54, 1.807) is 13.2 Å². The number of aryl methyl sites for hydroxylation is 1. The average molecular weight is 451 g/mol. The van der Waals surface area contributed by atoms with E-state index in [1.807, 2.05) is 42.3 Å². The van der Waals surface area contributed by atoms with Crippen molar-refractivity contribution in [1.82, 2.24) is 4.90 Å². The summed E-state index contributed by atoms with van der Waals surface area (Å²) < 4.78 is 5.10. The maximum Gasteiger partial charge on any atom is 0.235 e. The van der Waals surface area contributed by atoms with E-state index in [1.165, 1.54) is 16.2 Å². The Balaban J connectivity index is 1.62. The molecule has 3 aliphatic heterocycles. The molecular formula is C25H26N2O4S. The van der Waals surface area contributed by atoms with Gasteiger partial charge < -0.3 is 9.64 Å². The molecule has 0 N–H and O–H groups in total. The molecule has 2 saturated heterocycles. The van der Waals surface area contributed by atoms with E-state index >= 15 is 0 Å². The topological polar surface area (TPSA) is 66.9 Å². The van der Waals surface area contributed by atoms with Crippen molar-refractivity contribution in [3.05, 3.63) is 57.8 Å². The number of fused-ring (bicyclic) bond motifs is 5. The highest BCUT2D eigenvalue weighted by molar-refractivity contribution is 7.12. The molecule has 5 rings (SSSR count). The van der Waals surface area contributed by atoms with Crippen LogP contribution in [0.2, 0.25) is 0 Å². The molecular weight excluding hydrogens is 424 g/mol. The molecule has 0 aliphatic carbocycles. The fraction of sp³-hybridized carbons (Fsp3) is 0.400. The number of amides is 2. The minimum Gasteiger partial charge on any atom is -0.385 e. The van der Waals surface area contributed by atoms with E-state index < -0.39 is 17.9 Å². The highest BCUT2D eigenvalue weighted by atomic mass is 32.1. The first kappa shape index (κ1) is 21.1. The number of anilines is 1. The molecule has 0 unspecified atom stereocenters. The lowest BCUT2D eigenvalue weighted by molar-refractivity contribution is -0.140. The third kappa shape index (κ3) is 3.06. The number of methoxy groups -OCH3 is 1. The van der Waals surface area contributed by atoms with Crippen LogP contribution in [-0.4, -0.2) is 54.8 Å². The van der Waals surface area contributed by atoms with Crippen molar-refractivity contribution in [3.63, 3.8) is 0 Å². The number of nitrogens with zero attached hydrogens (tertiary/aromatic N) is 2. The van der Waals surface area contributed by atoms with Crippen molar-refractivity contribution < 1.29 is 19.1 Å². The zero-order valence-electron chi connectivity index (χ0n) is 18.4. The van der Waals surface area contributed by atoms with E-state index in [4.69, 9.17) is 4.74 Å².